The van der Waals surface area contributed by atoms with Crippen LogP contribution >= 0.6 is 0 Å². The molecule has 0 bridgehead atoms. The summed E-state index contributed by atoms with van der Waals surface area (Å²) >= 11 is 0. The van der Waals surface area contributed by atoms with Gasteiger partial charge in [0.1, 0.15) is 24.4 Å². The summed E-state index contributed by atoms with van der Waals surface area (Å²) in [5.41, 5.74) is 1.71. The Hall–Kier alpha value is -2.82. The first-order chi connectivity index (χ1) is 16.0. The minimum atomic E-state index is -1.38. The van der Waals surface area contributed by atoms with Crippen molar-refractivity contribution in [3.05, 3.63) is 71.8 Å². The van der Waals surface area contributed by atoms with Gasteiger partial charge >= 0.3 is 0 Å². The number of amides is 1. The molecule has 2 aromatic carbocycles. The van der Waals surface area contributed by atoms with E-state index in [4.69, 9.17) is 23.7 Å². The Morgan fingerprint density at radius 3 is 2.39 bits per heavy atom. The summed E-state index contributed by atoms with van der Waals surface area (Å²) in [5, 5.41) is 13.9. The molecule has 4 rings (SSSR count). The van der Waals surface area contributed by atoms with Crippen molar-refractivity contribution in [2.45, 2.75) is 50.5 Å². The lowest BCUT2D eigenvalue weighted by Gasteiger charge is -2.49. The molecule has 176 valence electrons. The SMILES string of the molecule is CC(=O)N[C@H]1[C@H](OCc2ccccc2)O[C@@H]2CO[C@@H](c3ccccc3)O[C@H]2[C@@H]1OCC(=O)[O-]. The van der Waals surface area contributed by atoms with Crippen molar-refractivity contribution in [2.24, 2.45) is 0 Å². The molecular formula is C24H26NO8-. The van der Waals surface area contributed by atoms with Gasteiger partial charge in [-0.3, -0.25) is 4.79 Å². The van der Waals surface area contributed by atoms with Crippen molar-refractivity contribution >= 4 is 11.9 Å². The molecule has 9 nitrogen and oxygen atoms in total. The van der Waals surface area contributed by atoms with E-state index in [9.17, 15) is 14.7 Å². The van der Waals surface area contributed by atoms with Gasteiger partial charge in [-0.2, -0.15) is 0 Å². The maximum absolute atomic E-state index is 12.0. The van der Waals surface area contributed by atoms with Gasteiger partial charge < -0.3 is 38.9 Å². The Balaban J connectivity index is 1.56. The van der Waals surface area contributed by atoms with E-state index in [0.29, 0.717) is 0 Å². The third kappa shape index (κ3) is 5.95. The molecule has 0 unspecified atom stereocenters. The van der Waals surface area contributed by atoms with Crippen LogP contribution in [0.25, 0.3) is 0 Å². The topological polar surface area (TPSA) is 115 Å². The number of hydrogen-bond acceptors (Lipinski definition) is 8. The molecule has 2 fully saturated rings. The quantitative estimate of drug-likeness (QED) is 0.617. The molecule has 0 saturated carbocycles. The van der Waals surface area contributed by atoms with Crippen LogP contribution in [0.15, 0.2) is 60.7 Å². The Morgan fingerprint density at radius 1 is 1.03 bits per heavy atom. The van der Waals surface area contributed by atoms with Crippen LogP contribution in [0, 0.1) is 0 Å². The largest absolute Gasteiger partial charge is 0.548 e. The van der Waals surface area contributed by atoms with Crippen molar-refractivity contribution in [2.75, 3.05) is 13.2 Å². The number of ether oxygens (including phenoxy) is 5. The molecule has 0 spiro atoms. The highest BCUT2D eigenvalue weighted by atomic mass is 16.8. The molecule has 2 saturated heterocycles. The van der Waals surface area contributed by atoms with Crippen molar-refractivity contribution in [1.82, 2.24) is 5.32 Å². The fourth-order valence-corrected chi connectivity index (χ4v) is 4.00. The summed E-state index contributed by atoms with van der Waals surface area (Å²) in [6.45, 7) is 1.08. The predicted octanol–water partition coefficient (Wildman–Crippen LogP) is 0.682. The van der Waals surface area contributed by atoms with Gasteiger partial charge in [0.05, 0.1) is 25.8 Å². The van der Waals surface area contributed by atoms with E-state index in [2.05, 4.69) is 5.32 Å². The average molecular weight is 456 g/mol. The van der Waals surface area contributed by atoms with Crippen molar-refractivity contribution in [1.29, 1.82) is 0 Å². The molecule has 0 aromatic heterocycles. The lowest BCUT2D eigenvalue weighted by atomic mass is 9.95. The molecule has 2 heterocycles. The summed E-state index contributed by atoms with van der Waals surface area (Å²) in [6.07, 6.45) is -3.78. The molecule has 2 aliphatic heterocycles. The fourth-order valence-electron chi connectivity index (χ4n) is 4.00. The van der Waals surface area contributed by atoms with Crippen molar-refractivity contribution in [3.8, 4) is 0 Å². The van der Waals surface area contributed by atoms with Crippen LogP contribution in [-0.4, -0.2) is 55.7 Å². The van der Waals surface area contributed by atoms with Gasteiger partial charge in [-0.25, -0.2) is 0 Å². The lowest BCUT2D eigenvalue weighted by Crippen LogP contribution is -2.67. The summed E-state index contributed by atoms with van der Waals surface area (Å²) in [7, 11) is 0. The average Bonchev–Trinajstić information content (AvgIpc) is 2.82. The van der Waals surface area contributed by atoms with Crippen LogP contribution in [0.3, 0.4) is 0 Å². The van der Waals surface area contributed by atoms with Gasteiger partial charge in [0.15, 0.2) is 12.6 Å². The van der Waals surface area contributed by atoms with Crippen LogP contribution in [-0.2, 0) is 39.9 Å². The highest BCUT2D eigenvalue weighted by molar-refractivity contribution is 5.73. The second-order valence-corrected chi connectivity index (χ2v) is 7.89. The van der Waals surface area contributed by atoms with Gasteiger partial charge in [-0.15, -0.1) is 0 Å². The zero-order chi connectivity index (χ0) is 23.2. The Morgan fingerprint density at radius 2 is 1.73 bits per heavy atom. The molecular weight excluding hydrogens is 430 g/mol. The molecule has 0 radical (unpaired) electrons. The maximum atomic E-state index is 12.0. The van der Waals surface area contributed by atoms with Gasteiger partial charge in [0, 0.05) is 12.5 Å². The molecule has 9 heteroatoms. The van der Waals surface area contributed by atoms with Crippen LogP contribution in [0.5, 0.6) is 0 Å². The molecule has 2 aliphatic rings. The molecule has 0 aliphatic carbocycles. The van der Waals surface area contributed by atoms with Gasteiger partial charge in [-0.1, -0.05) is 60.7 Å². The number of carboxylic acid groups (broad SMARTS) is 1. The van der Waals surface area contributed by atoms with Crippen LogP contribution in [0.4, 0.5) is 0 Å². The number of fused-ring (bicyclic) bond motifs is 1. The standard InChI is InChI=1S/C24H27NO8/c1-15(26)25-20-22(29-14-19(27)28)21-18(13-31-23(33-21)17-10-6-3-7-11-17)32-24(20)30-12-16-8-4-2-5-9-16/h2-11,18,20-24H,12-14H2,1H3,(H,25,26)(H,27,28)/p-1/t18-,20-,21-,22-,23-,24-/m1/s1. The maximum Gasteiger partial charge on any atom is 0.217 e. The van der Waals surface area contributed by atoms with E-state index < -0.39 is 49.5 Å². The predicted molar refractivity (Wildman–Crippen MR) is 112 cm³/mol. The molecule has 6 atom stereocenters. The van der Waals surface area contributed by atoms with Crippen molar-refractivity contribution in [3.63, 3.8) is 0 Å². The smallest absolute Gasteiger partial charge is 0.217 e. The Bertz CT molecular complexity index is 925. The van der Waals surface area contributed by atoms with Gasteiger partial charge in [0.25, 0.3) is 0 Å². The van der Waals surface area contributed by atoms with E-state index in [0.717, 1.165) is 11.1 Å². The normalized spacial score (nSPS) is 29.1. The highest BCUT2D eigenvalue weighted by Crippen LogP contribution is 2.35. The number of benzene rings is 2. The number of nitrogens with one attached hydrogen (secondary N) is 1. The summed E-state index contributed by atoms with van der Waals surface area (Å²) in [6, 6.07) is 18.0. The Labute approximate surface area is 191 Å². The van der Waals surface area contributed by atoms with E-state index in [1.165, 1.54) is 6.92 Å². The van der Waals surface area contributed by atoms with Gasteiger partial charge in [0.2, 0.25) is 5.91 Å². The molecule has 1 amide bonds. The number of carbonyl (C=O) groups is 2. The first-order valence-corrected chi connectivity index (χ1v) is 10.7. The monoisotopic (exact) mass is 456 g/mol. The minimum absolute atomic E-state index is 0.174. The first-order valence-electron chi connectivity index (χ1n) is 10.7. The lowest BCUT2D eigenvalue weighted by molar-refractivity contribution is -0.353. The zero-order valence-electron chi connectivity index (χ0n) is 18.1. The zero-order valence-corrected chi connectivity index (χ0v) is 18.1. The molecule has 1 N–H and O–H groups in total. The number of carboxylic acids is 1. The number of hydrogen-bond donors (Lipinski definition) is 1. The molecule has 33 heavy (non-hydrogen) atoms. The second-order valence-electron chi connectivity index (χ2n) is 7.89. The van der Waals surface area contributed by atoms with Crippen LogP contribution in [0.1, 0.15) is 24.3 Å². The molecule has 2 aromatic rings. The van der Waals surface area contributed by atoms with Crippen molar-refractivity contribution < 1.29 is 38.4 Å². The number of carbonyl (C=O) groups excluding carboxylic acids is 2. The van der Waals surface area contributed by atoms with Gasteiger partial charge in [-0.05, 0) is 5.56 Å². The minimum Gasteiger partial charge on any atom is -0.548 e. The van der Waals surface area contributed by atoms with Crippen LogP contribution < -0.4 is 10.4 Å². The van der Waals surface area contributed by atoms with E-state index in [1.807, 2.05) is 60.7 Å². The number of rotatable bonds is 8. The van der Waals surface area contributed by atoms with E-state index in [1.54, 1.807) is 0 Å². The second kappa shape index (κ2) is 10.9. The summed E-state index contributed by atoms with van der Waals surface area (Å²) in [5.74, 6) is -1.72. The fraction of sp³-hybridized carbons (Fsp3) is 0.417. The number of aliphatic carboxylic acids is 1. The third-order valence-electron chi connectivity index (χ3n) is 5.43. The third-order valence-corrected chi connectivity index (χ3v) is 5.43. The Kier molecular flexibility index (Phi) is 7.69. The van der Waals surface area contributed by atoms with Crippen LogP contribution in [0.2, 0.25) is 0 Å². The first kappa shape index (κ1) is 23.3. The summed E-state index contributed by atoms with van der Waals surface area (Å²) < 4.78 is 29.8. The highest BCUT2D eigenvalue weighted by Gasteiger charge is 2.51. The van der Waals surface area contributed by atoms with E-state index in [-0.39, 0.29) is 19.1 Å². The summed E-state index contributed by atoms with van der Waals surface area (Å²) in [4.78, 5) is 23.1. The van der Waals surface area contributed by atoms with E-state index >= 15 is 0 Å².